The summed E-state index contributed by atoms with van der Waals surface area (Å²) in [7, 11) is 0. The quantitative estimate of drug-likeness (QED) is 0.459. The first-order chi connectivity index (χ1) is 3.43. The minimum atomic E-state index is -0.208. The molecule has 1 aliphatic rings. The third kappa shape index (κ3) is 0.716. The summed E-state index contributed by atoms with van der Waals surface area (Å²) in [6.07, 6.45) is 6.16. The smallest absolute Gasteiger partial charge is 0.125 e. The molecule has 2 radical (unpaired) electrons. The lowest BCUT2D eigenvalue weighted by Gasteiger charge is -1.92. The molecule has 0 saturated heterocycles. The van der Waals surface area contributed by atoms with Gasteiger partial charge in [-0.2, -0.15) is 5.26 Å². The number of nitrogens with zero attached hydrogens (tertiary/aromatic N) is 1. The first-order valence-corrected chi connectivity index (χ1v) is 2.00. The first kappa shape index (κ1) is 4.20. The molecule has 7 heavy (non-hydrogen) atoms. The average molecular weight is 92.1 g/mol. The number of rotatable bonds is 0. The zero-order valence-electron chi connectivity index (χ0n) is 3.68. The Morgan fingerprint density at radius 1 is 1.86 bits per heavy atom. The van der Waals surface area contributed by atoms with Crippen molar-refractivity contribution in [3.05, 3.63) is 18.7 Å². The van der Waals surface area contributed by atoms with Gasteiger partial charge in [-0.05, 0) is 6.20 Å². The fourth-order valence-electron chi connectivity index (χ4n) is 0.411. The second kappa shape index (κ2) is 1.65. The minimum absolute atomic E-state index is 0.208. The molecular formula is C5H4N2. The zero-order valence-corrected chi connectivity index (χ0v) is 3.68. The van der Waals surface area contributed by atoms with Gasteiger partial charge in [0.25, 0.3) is 0 Å². The molecule has 0 aliphatic carbocycles. The molecule has 0 spiro atoms. The second-order valence-electron chi connectivity index (χ2n) is 1.23. The standard InChI is InChI=1S/C5H4N2/c6-4-5-2-1-3-7-5/h1,3,5,7H. The van der Waals surface area contributed by atoms with E-state index in [1.807, 2.05) is 6.07 Å². The Bertz CT molecular complexity index is 113. The van der Waals surface area contributed by atoms with Crippen LogP contribution in [-0.4, -0.2) is 6.04 Å². The van der Waals surface area contributed by atoms with Crippen LogP contribution in [0.4, 0.5) is 0 Å². The van der Waals surface area contributed by atoms with E-state index < -0.39 is 0 Å². The van der Waals surface area contributed by atoms with E-state index in [-0.39, 0.29) is 6.04 Å². The van der Waals surface area contributed by atoms with Gasteiger partial charge in [-0.1, -0.05) is 6.08 Å². The number of nitrogens with one attached hydrogen (secondary N) is 1. The van der Waals surface area contributed by atoms with Crippen LogP contribution in [0.5, 0.6) is 0 Å². The highest BCUT2D eigenvalue weighted by Crippen LogP contribution is 1.95. The van der Waals surface area contributed by atoms with E-state index in [9.17, 15) is 0 Å². The first-order valence-electron chi connectivity index (χ1n) is 2.00. The largest absolute Gasteiger partial charge is 0.375 e. The predicted molar refractivity (Wildman–Crippen MR) is 24.9 cm³/mol. The van der Waals surface area contributed by atoms with Crippen molar-refractivity contribution in [2.45, 2.75) is 6.04 Å². The van der Waals surface area contributed by atoms with Crippen molar-refractivity contribution in [2.24, 2.45) is 0 Å². The Morgan fingerprint density at radius 3 is 3.00 bits per heavy atom. The normalized spacial score (nSPS) is 26.4. The Hall–Kier alpha value is -0.970. The Balaban J connectivity index is 2.39. The van der Waals surface area contributed by atoms with E-state index in [2.05, 4.69) is 11.7 Å². The third-order valence-electron chi connectivity index (χ3n) is 0.738. The summed E-state index contributed by atoms with van der Waals surface area (Å²) >= 11 is 0. The molecule has 1 N–H and O–H groups in total. The van der Waals surface area contributed by atoms with Gasteiger partial charge in [-0.25, -0.2) is 0 Å². The van der Waals surface area contributed by atoms with Crippen molar-refractivity contribution in [3.63, 3.8) is 0 Å². The molecule has 0 aromatic heterocycles. The summed E-state index contributed by atoms with van der Waals surface area (Å²) in [5.41, 5.74) is 0. The molecule has 1 unspecified atom stereocenters. The van der Waals surface area contributed by atoms with Crippen LogP contribution >= 0.6 is 0 Å². The van der Waals surface area contributed by atoms with Gasteiger partial charge in [0.1, 0.15) is 6.04 Å². The highest BCUT2D eigenvalue weighted by molar-refractivity contribution is 5.17. The van der Waals surface area contributed by atoms with E-state index in [1.165, 1.54) is 0 Å². The second-order valence-corrected chi connectivity index (χ2v) is 1.23. The predicted octanol–water partition coefficient (Wildman–Crippen LogP) is 0.0768. The van der Waals surface area contributed by atoms with Crippen LogP contribution in [0.1, 0.15) is 0 Å². The van der Waals surface area contributed by atoms with Crippen LogP contribution < -0.4 is 5.32 Å². The summed E-state index contributed by atoms with van der Waals surface area (Å²) in [5.74, 6) is 0. The summed E-state index contributed by atoms with van der Waals surface area (Å²) in [5, 5.41) is 10.9. The van der Waals surface area contributed by atoms with Gasteiger partial charge < -0.3 is 5.32 Å². The van der Waals surface area contributed by atoms with E-state index in [1.54, 1.807) is 12.3 Å². The molecule has 0 amide bonds. The van der Waals surface area contributed by atoms with Gasteiger partial charge in [0.05, 0.1) is 6.07 Å². The van der Waals surface area contributed by atoms with Crippen LogP contribution in [0.15, 0.2) is 12.3 Å². The number of nitriles is 1. The topological polar surface area (TPSA) is 35.8 Å². The molecule has 2 heteroatoms. The lowest BCUT2D eigenvalue weighted by molar-refractivity contribution is 0.859. The molecule has 0 fully saturated rings. The van der Waals surface area contributed by atoms with Crippen LogP contribution in [-0.2, 0) is 0 Å². The van der Waals surface area contributed by atoms with E-state index in [0.717, 1.165) is 0 Å². The van der Waals surface area contributed by atoms with E-state index >= 15 is 0 Å². The molecule has 0 aromatic rings. The highest BCUT2D eigenvalue weighted by Gasteiger charge is 2.05. The van der Waals surface area contributed by atoms with Gasteiger partial charge in [0.15, 0.2) is 0 Å². The lowest BCUT2D eigenvalue weighted by Crippen LogP contribution is -2.15. The number of hydrogen-bond donors (Lipinski definition) is 1. The molecule has 0 aromatic carbocycles. The van der Waals surface area contributed by atoms with Crippen molar-refractivity contribution in [2.75, 3.05) is 0 Å². The molecule has 34 valence electrons. The summed E-state index contributed by atoms with van der Waals surface area (Å²) < 4.78 is 0. The van der Waals surface area contributed by atoms with E-state index in [4.69, 9.17) is 5.26 Å². The van der Waals surface area contributed by atoms with Gasteiger partial charge in [-0.3, -0.25) is 0 Å². The summed E-state index contributed by atoms with van der Waals surface area (Å²) in [6.45, 7) is 0. The van der Waals surface area contributed by atoms with Gasteiger partial charge in [-0.15, -0.1) is 0 Å². The molecule has 0 bridgehead atoms. The highest BCUT2D eigenvalue weighted by atomic mass is 14.9. The van der Waals surface area contributed by atoms with Gasteiger partial charge in [0.2, 0.25) is 0 Å². The SMILES string of the molecule is N#CC1[C]C=CN1. The van der Waals surface area contributed by atoms with Crippen LogP contribution in [0.3, 0.4) is 0 Å². The fraction of sp³-hybridized carbons (Fsp3) is 0.200. The third-order valence-corrected chi connectivity index (χ3v) is 0.738. The molecule has 2 nitrogen and oxygen atoms in total. The molecule has 1 atom stereocenters. The van der Waals surface area contributed by atoms with Crippen LogP contribution in [0.25, 0.3) is 0 Å². The van der Waals surface area contributed by atoms with Crippen molar-refractivity contribution < 1.29 is 0 Å². The maximum atomic E-state index is 8.15. The molecule has 1 rings (SSSR count). The van der Waals surface area contributed by atoms with Crippen molar-refractivity contribution in [1.29, 1.82) is 5.26 Å². The fourth-order valence-corrected chi connectivity index (χ4v) is 0.411. The Labute approximate surface area is 42.4 Å². The Morgan fingerprint density at radius 2 is 2.71 bits per heavy atom. The number of hydrogen-bond acceptors (Lipinski definition) is 2. The van der Waals surface area contributed by atoms with Crippen LogP contribution in [0, 0.1) is 17.8 Å². The van der Waals surface area contributed by atoms with Crippen LogP contribution in [0.2, 0.25) is 0 Å². The molecule has 1 heterocycles. The summed E-state index contributed by atoms with van der Waals surface area (Å²) in [6, 6.07) is 1.77. The van der Waals surface area contributed by atoms with E-state index in [0.29, 0.717) is 0 Å². The monoisotopic (exact) mass is 92.0 g/mol. The van der Waals surface area contributed by atoms with Crippen molar-refractivity contribution in [1.82, 2.24) is 5.32 Å². The molecule has 1 aliphatic heterocycles. The maximum Gasteiger partial charge on any atom is 0.125 e. The molecular weight excluding hydrogens is 88.1 g/mol. The van der Waals surface area contributed by atoms with Crippen molar-refractivity contribution >= 4 is 0 Å². The van der Waals surface area contributed by atoms with Gasteiger partial charge >= 0.3 is 0 Å². The molecule has 0 saturated carbocycles. The van der Waals surface area contributed by atoms with Gasteiger partial charge in [0, 0.05) is 6.42 Å². The Kier molecular flexibility index (Phi) is 0.991. The lowest BCUT2D eigenvalue weighted by atomic mass is 10.3. The summed E-state index contributed by atoms with van der Waals surface area (Å²) in [4.78, 5) is 0. The maximum absolute atomic E-state index is 8.15. The average Bonchev–Trinajstić information content (AvgIpc) is 2.14. The van der Waals surface area contributed by atoms with Crippen molar-refractivity contribution in [3.8, 4) is 6.07 Å². The zero-order chi connectivity index (χ0) is 5.11. The minimum Gasteiger partial charge on any atom is -0.375 e.